The lowest BCUT2D eigenvalue weighted by Crippen LogP contribution is -2.19. The van der Waals surface area contributed by atoms with E-state index in [9.17, 15) is 0 Å². The second-order valence-corrected chi connectivity index (χ2v) is 4.75. The Labute approximate surface area is 118 Å². The van der Waals surface area contributed by atoms with Crippen molar-refractivity contribution in [3.63, 3.8) is 0 Å². The molecular weight excluding hydrogens is 254 g/mol. The third-order valence-corrected chi connectivity index (χ3v) is 3.29. The quantitative estimate of drug-likeness (QED) is 0.923. The van der Waals surface area contributed by atoms with Crippen LogP contribution in [0.3, 0.4) is 0 Å². The molecule has 5 heteroatoms. The molecule has 20 heavy (non-hydrogen) atoms. The van der Waals surface area contributed by atoms with Gasteiger partial charge in [0.15, 0.2) is 11.5 Å². The van der Waals surface area contributed by atoms with Crippen LogP contribution in [0.15, 0.2) is 36.9 Å². The van der Waals surface area contributed by atoms with Crippen molar-refractivity contribution in [1.82, 2.24) is 15.3 Å². The van der Waals surface area contributed by atoms with E-state index < -0.39 is 0 Å². The van der Waals surface area contributed by atoms with Crippen LogP contribution in [-0.4, -0.2) is 23.2 Å². The molecule has 0 saturated carbocycles. The van der Waals surface area contributed by atoms with E-state index in [2.05, 4.69) is 28.3 Å². The van der Waals surface area contributed by atoms with Crippen LogP contribution in [0.1, 0.15) is 24.1 Å². The Bertz CT molecular complexity index is 575. The van der Waals surface area contributed by atoms with Crippen molar-refractivity contribution in [2.45, 2.75) is 19.5 Å². The van der Waals surface area contributed by atoms with Gasteiger partial charge in [0.05, 0.1) is 0 Å². The molecule has 0 spiro atoms. The zero-order valence-electron chi connectivity index (χ0n) is 11.4. The van der Waals surface area contributed by atoms with Crippen LogP contribution in [0.5, 0.6) is 11.5 Å². The van der Waals surface area contributed by atoms with Crippen LogP contribution in [0.4, 0.5) is 0 Å². The van der Waals surface area contributed by atoms with Crippen LogP contribution < -0.4 is 14.8 Å². The summed E-state index contributed by atoms with van der Waals surface area (Å²) in [5.41, 5.74) is 2.24. The second kappa shape index (κ2) is 5.88. The number of nitrogens with one attached hydrogen (secondary N) is 1. The highest BCUT2D eigenvalue weighted by atomic mass is 16.6. The van der Waals surface area contributed by atoms with E-state index in [1.54, 1.807) is 0 Å². The number of hydrogen-bond donors (Lipinski definition) is 1. The maximum Gasteiger partial charge on any atom is 0.161 e. The average Bonchev–Trinajstić information content (AvgIpc) is 2.53. The average molecular weight is 271 g/mol. The number of hydrogen-bond acceptors (Lipinski definition) is 5. The Morgan fingerprint density at radius 2 is 1.90 bits per heavy atom. The number of rotatable bonds is 4. The fourth-order valence-electron chi connectivity index (χ4n) is 2.14. The van der Waals surface area contributed by atoms with E-state index in [-0.39, 0.29) is 6.04 Å². The largest absolute Gasteiger partial charge is 0.486 e. The van der Waals surface area contributed by atoms with Crippen molar-refractivity contribution in [3.05, 3.63) is 48.0 Å². The van der Waals surface area contributed by atoms with Crippen LogP contribution in [-0.2, 0) is 6.54 Å². The van der Waals surface area contributed by atoms with Gasteiger partial charge in [-0.05, 0) is 24.6 Å². The fraction of sp³-hybridized carbons (Fsp3) is 0.333. The number of aromatic nitrogens is 2. The Balaban J connectivity index is 1.66. The maximum atomic E-state index is 5.60. The van der Waals surface area contributed by atoms with Crippen molar-refractivity contribution < 1.29 is 9.47 Å². The molecule has 0 saturated heterocycles. The van der Waals surface area contributed by atoms with E-state index in [1.165, 1.54) is 11.9 Å². The first-order chi connectivity index (χ1) is 9.83. The molecule has 0 fully saturated rings. The van der Waals surface area contributed by atoms with Gasteiger partial charge >= 0.3 is 0 Å². The van der Waals surface area contributed by atoms with Gasteiger partial charge in [-0.3, -0.25) is 0 Å². The standard InChI is InChI=1S/C15H17N3O2/c1-11(18-9-12-7-16-10-17-8-12)13-2-3-14-15(6-13)20-5-4-19-14/h2-3,6-8,10-11,18H,4-5,9H2,1H3. The Hall–Kier alpha value is -2.14. The number of benzene rings is 1. The van der Waals surface area contributed by atoms with Crippen molar-refractivity contribution in [3.8, 4) is 11.5 Å². The zero-order chi connectivity index (χ0) is 13.8. The SMILES string of the molecule is CC(NCc1cncnc1)c1ccc2c(c1)OCCO2. The van der Waals surface area contributed by atoms with Gasteiger partial charge in [-0.2, -0.15) is 0 Å². The van der Waals surface area contributed by atoms with Gasteiger partial charge in [0.25, 0.3) is 0 Å². The lowest BCUT2D eigenvalue weighted by atomic mass is 10.1. The van der Waals surface area contributed by atoms with Crippen molar-refractivity contribution in [1.29, 1.82) is 0 Å². The first kappa shape index (κ1) is 12.9. The summed E-state index contributed by atoms with van der Waals surface area (Å²) >= 11 is 0. The zero-order valence-corrected chi connectivity index (χ0v) is 11.4. The minimum atomic E-state index is 0.214. The molecule has 0 bridgehead atoms. The second-order valence-electron chi connectivity index (χ2n) is 4.75. The van der Waals surface area contributed by atoms with Crippen LogP contribution >= 0.6 is 0 Å². The van der Waals surface area contributed by atoms with Gasteiger partial charge in [-0.15, -0.1) is 0 Å². The summed E-state index contributed by atoms with van der Waals surface area (Å²) in [5, 5.41) is 3.45. The minimum absolute atomic E-state index is 0.214. The van der Waals surface area contributed by atoms with Crippen molar-refractivity contribution in [2.24, 2.45) is 0 Å². The Morgan fingerprint density at radius 1 is 1.15 bits per heavy atom. The third kappa shape index (κ3) is 2.88. The number of ether oxygens (including phenoxy) is 2. The molecular formula is C15H17N3O2. The first-order valence-electron chi connectivity index (χ1n) is 6.70. The molecule has 1 unspecified atom stereocenters. The van der Waals surface area contributed by atoms with E-state index >= 15 is 0 Å². The van der Waals surface area contributed by atoms with E-state index in [0.29, 0.717) is 13.2 Å². The van der Waals surface area contributed by atoms with Crippen LogP contribution in [0.25, 0.3) is 0 Å². The van der Waals surface area contributed by atoms with Gasteiger partial charge in [-0.25, -0.2) is 9.97 Å². The lowest BCUT2D eigenvalue weighted by molar-refractivity contribution is 0.171. The van der Waals surface area contributed by atoms with Gasteiger partial charge in [0, 0.05) is 30.5 Å². The van der Waals surface area contributed by atoms with Gasteiger partial charge in [0.2, 0.25) is 0 Å². The van der Waals surface area contributed by atoms with Crippen LogP contribution in [0, 0.1) is 0 Å². The summed E-state index contributed by atoms with van der Waals surface area (Å²) in [4.78, 5) is 8.01. The van der Waals surface area contributed by atoms with Gasteiger partial charge < -0.3 is 14.8 Å². The van der Waals surface area contributed by atoms with E-state index in [4.69, 9.17) is 9.47 Å². The summed E-state index contributed by atoms with van der Waals surface area (Å²) in [5.74, 6) is 1.65. The molecule has 1 aliphatic rings. The molecule has 1 aliphatic heterocycles. The summed E-state index contributed by atoms with van der Waals surface area (Å²) in [6.45, 7) is 4.08. The molecule has 104 valence electrons. The molecule has 1 aromatic heterocycles. The predicted octanol–water partition coefficient (Wildman–Crippen LogP) is 2.10. The summed E-state index contributed by atoms with van der Waals surface area (Å²) in [6.07, 6.45) is 5.17. The Kier molecular flexibility index (Phi) is 3.78. The molecule has 0 radical (unpaired) electrons. The van der Waals surface area contributed by atoms with Gasteiger partial charge in [-0.1, -0.05) is 6.07 Å². The highest BCUT2D eigenvalue weighted by Gasteiger charge is 2.14. The van der Waals surface area contributed by atoms with E-state index in [0.717, 1.165) is 23.6 Å². The molecule has 0 amide bonds. The molecule has 0 aliphatic carbocycles. The molecule has 1 N–H and O–H groups in total. The van der Waals surface area contributed by atoms with Crippen LogP contribution in [0.2, 0.25) is 0 Å². The summed E-state index contributed by atoms with van der Waals surface area (Å²) in [6, 6.07) is 6.28. The monoisotopic (exact) mass is 271 g/mol. The lowest BCUT2D eigenvalue weighted by Gasteiger charge is -2.21. The van der Waals surface area contributed by atoms with Crippen molar-refractivity contribution in [2.75, 3.05) is 13.2 Å². The smallest absolute Gasteiger partial charge is 0.161 e. The van der Waals surface area contributed by atoms with Crippen molar-refractivity contribution >= 4 is 0 Å². The highest BCUT2D eigenvalue weighted by Crippen LogP contribution is 2.32. The van der Waals surface area contributed by atoms with Gasteiger partial charge in [0.1, 0.15) is 19.5 Å². The predicted molar refractivity (Wildman–Crippen MR) is 74.7 cm³/mol. The fourth-order valence-corrected chi connectivity index (χ4v) is 2.14. The highest BCUT2D eigenvalue weighted by molar-refractivity contribution is 5.44. The molecule has 5 nitrogen and oxygen atoms in total. The molecule has 2 aromatic rings. The number of nitrogens with zero attached hydrogens (tertiary/aromatic N) is 2. The minimum Gasteiger partial charge on any atom is -0.486 e. The Morgan fingerprint density at radius 3 is 2.70 bits per heavy atom. The maximum absolute atomic E-state index is 5.60. The summed E-state index contributed by atoms with van der Waals surface area (Å²) < 4.78 is 11.1. The van der Waals surface area contributed by atoms with E-state index in [1.807, 2.05) is 24.5 Å². The molecule has 2 heterocycles. The molecule has 1 atom stereocenters. The topological polar surface area (TPSA) is 56.3 Å². The summed E-state index contributed by atoms with van der Waals surface area (Å²) in [7, 11) is 0. The molecule has 1 aromatic carbocycles. The first-order valence-corrected chi connectivity index (χ1v) is 6.70. The normalized spacial score (nSPS) is 14.8. The third-order valence-electron chi connectivity index (χ3n) is 3.29. The number of fused-ring (bicyclic) bond motifs is 1. The molecule has 3 rings (SSSR count).